The predicted octanol–water partition coefficient (Wildman–Crippen LogP) is 2.11. The van der Waals surface area contributed by atoms with E-state index in [1.54, 1.807) is 11.8 Å². The summed E-state index contributed by atoms with van der Waals surface area (Å²) in [6.07, 6.45) is 10.9. The van der Waals surface area contributed by atoms with Gasteiger partial charge in [0.2, 0.25) is 5.88 Å². The van der Waals surface area contributed by atoms with Crippen molar-refractivity contribution in [1.29, 1.82) is 0 Å². The summed E-state index contributed by atoms with van der Waals surface area (Å²) < 4.78 is 29.7. The Hall–Kier alpha value is -2.50. The number of carbonyl (C=O) groups excluding carboxylic acids is 1. The fourth-order valence-electron chi connectivity index (χ4n) is 6.07. The molecule has 1 atom stereocenters. The third-order valence-electron chi connectivity index (χ3n) is 8.11. The van der Waals surface area contributed by atoms with E-state index in [-0.39, 0.29) is 4.90 Å². The second kappa shape index (κ2) is 8.01. The normalized spacial score (nSPS) is 25.9. The van der Waals surface area contributed by atoms with Crippen LogP contribution < -0.4 is 19.9 Å². The summed E-state index contributed by atoms with van der Waals surface area (Å²) in [5.74, 6) is 1.21. The molecule has 2 aromatic rings. The molecule has 1 aliphatic heterocycles. The van der Waals surface area contributed by atoms with Gasteiger partial charge in [0, 0.05) is 40.1 Å². The Morgan fingerprint density at radius 1 is 1.17 bits per heavy atom. The van der Waals surface area contributed by atoms with Crippen molar-refractivity contribution in [2.24, 2.45) is 17.0 Å². The van der Waals surface area contributed by atoms with E-state index >= 15 is 0 Å². The maximum atomic E-state index is 14.0. The van der Waals surface area contributed by atoms with Crippen LogP contribution in [-0.4, -0.2) is 51.1 Å². The molecule has 190 valence electrons. The Labute approximate surface area is 205 Å². The first kappa shape index (κ1) is 22.9. The summed E-state index contributed by atoms with van der Waals surface area (Å²) in [6, 6.07) is -0.588. The molecule has 3 heterocycles. The highest BCUT2D eigenvalue weighted by atomic mass is 32.3. The number of anilines is 1. The summed E-state index contributed by atoms with van der Waals surface area (Å²) in [4.78, 5) is 18.2. The number of methoxy groups -OCH3 is 1. The average Bonchev–Trinajstić information content (AvgIpc) is 3.51. The van der Waals surface area contributed by atoms with Crippen molar-refractivity contribution in [3.63, 3.8) is 0 Å². The van der Waals surface area contributed by atoms with Crippen LogP contribution in [0.15, 0.2) is 11.1 Å². The molecule has 4 aliphatic rings. The monoisotopic (exact) mass is 502 g/mol. The number of nitrogens with zero attached hydrogens (tertiary/aromatic N) is 3. The van der Waals surface area contributed by atoms with Crippen molar-refractivity contribution in [3.8, 4) is 5.88 Å². The molecule has 10 nitrogen and oxygen atoms in total. The van der Waals surface area contributed by atoms with E-state index in [9.17, 15) is 9.00 Å². The van der Waals surface area contributed by atoms with Crippen LogP contribution in [0.2, 0.25) is 0 Å². The molecule has 0 saturated heterocycles. The highest BCUT2D eigenvalue weighted by Gasteiger charge is 2.42. The smallest absolute Gasteiger partial charge is 0.330 e. The topological polar surface area (TPSA) is 133 Å². The summed E-state index contributed by atoms with van der Waals surface area (Å²) in [5.41, 5.74) is 5.16. The second-order valence-corrected chi connectivity index (χ2v) is 14.1. The zero-order chi connectivity index (χ0) is 24.4. The van der Waals surface area contributed by atoms with E-state index in [0.717, 1.165) is 79.6 Å². The van der Waals surface area contributed by atoms with Gasteiger partial charge in [-0.25, -0.2) is 13.7 Å². The van der Waals surface area contributed by atoms with Crippen molar-refractivity contribution < 1.29 is 18.5 Å². The summed E-state index contributed by atoms with van der Waals surface area (Å²) in [5, 5.41) is 13.8. The van der Waals surface area contributed by atoms with Gasteiger partial charge in [0.15, 0.2) is 0 Å². The van der Waals surface area contributed by atoms with Crippen molar-refractivity contribution in [3.05, 3.63) is 28.7 Å². The number of hydrogen-bond donors (Lipinski definition) is 3. The Morgan fingerprint density at radius 3 is 2.51 bits per heavy atom. The SMILES string of the molecule is COC1CC(C2COc3c(S(C)(N)(=O)NC(=O)Nc4c5c(nc6c4CCC6)CCC5)cnn3C2)C1. The number of amides is 2. The number of nitrogens with one attached hydrogen (secondary N) is 2. The summed E-state index contributed by atoms with van der Waals surface area (Å²) >= 11 is 0. The van der Waals surface area contributed by atoms with Gasteiger partial charge in [-0.15, -0.1) is 0 Å². The molecular formula is C24H34N6O4S. The molecule has 1 unspecified atom stereocenters. The van der Waals surface area contributed by atoms with E-state index in [4.69, 9.17) is 19.6 Å². The highest BCUT2D eigenvalue weighted by Crippen LogP contribution is 2.42. The minimum Gasteiger partial charge on any atom is -0.477 e. The van der Waals surface area contributed by atoms with Crippen LogP contribution in [0.25, 0.3) is 0 Å². The van der Waals surface area contributed by atoms with Gasteiger partial charge in [-0.2, -0.15) is 5.10 Å². The van der Waals surface area contributed by atoms with Crippen molar-refractivity contribution in [2.75, 3.05) is 25.3 Å². The maximum Gasteiger partial charge on any atom is 0.330 e. The number of hydrogen-bond acceptors (Lipinski definition) is 6. The number of carbonyl (C=O) groups is 1. The van der Waals surface area contributed by atoms with Crippen LogP contribution in [0.3, 0.4) is 0 Å². The zero-order valence-corrected chi connectivity index (χ0v) is 21.2. The van der Waals surface area contributed by atoms with Crippen molar-refractivity contribution in [2.45, 2.75) is 68.9 Å². The Morgan fingerprint density at radius 2 is 1.86 bits per heavy atom. The molecule has 0 radical (unpaired) electrons. The van der Waals surface area contributed by atoms with E-state index in [1.807, 2.05) is 0 Å². The molecule has 1 fully saturated rings. The van der Waals surface area contributed by atoms with Crippen LogP contribution in [-0.2, 0) is 46.4 Å². The fraction of sp³-hybridized carbons (Fsp3) is 0.625. The molecule has 2 amide bonds. The largest absolute Gasteiger partial charge is 0.477 e. The molecule has 11 heteroatoms. The summed E-state index contributed by atoms with van der Waals surface area (Å²) in [7, 11) is -2.54. The first-order valence-corrected chi connectivity index (χ1v) is 14.9. The average molecular weight is 503 g/mol. The number of aromatic nitrogens is 3. The maximum absolute atomic E-state index is 14.0. The standard InChI is InChI=1S/C24H34N6O4S/c1-33-16-9-14(10-16)15-12-30-23(34-13-15)21(11-26-30)35(2,25,32)29-24(31)28-22-17-5-3-7-19(17)27-20-8-4-6-18(20)22/h11,14-16H,3-10,12-13H2,1-2H3,(H4,25,27,28,29,31,32). The lowest BCUT2D eigenvalue weighted by Gasteiger charge is -2.41. The fourth-order valence-corrected chi connectivity index (χ4v) is 7.60. The van der Waals surface area contributed by atoms with Crippen LogP contribution >= 0.6 is 0 Å². The van der Waals surface area contributed by atoms with Gasteiger partial charge in [-0.05, 0) is 68.4 Å². The van der Waals surface area contributed by atoms with Crippen LogP contribution in [0.1, 0.15) is 48.2 Å². The van der Waals surface area contributed by atoms with Gasteiger partial charge in [0.1, 0.15) is 4.90 Å². The Kier molecular flexibility index (Phi) is 5.25. The number of pyridine rings is 1. The number of urea groups is 1. The van der Waals surface area contributed by atoms with Crippen LogP contribution in [0, 0.1) is 11.8 Å². The van der Waals surface area contributed by atoms with E-state index in [2.05, 4.69) is 15.1 Å². The lowest BCUT2D eigenvalue weighted by Crippen LogP contribution is -2.57. The number of aryl methyl sites for hydroxylation is 2. The first-order chi connectivity index (χ1) is 16.7. The third-order valence-corrected chi connectivity index (χ3v) is 10.2. The van der Waals surface area contributed by atoms with Crippen molar-refractivity contribution in [1.82, 2.24) is 19.5 Å². The molecule has 2 aromatic heterocycles. The molecular weight excluding hydrogens is 468 g/mol. The highest BCUT2D eigenvalue weighted by molar-refractivity contribution is 8.16. The van der Waals surface area contributed by atoms with Crippen molar-refractivity contribution >= 4 is 21.2 Å². The Balaban J connectivity index is 1.20. The molecule has 6 rings (SSSR count). The zero-order valence-electron chi connectivity index (χ0n) is 20.3. The van der Waals surface area contributed by atoms with Gasteiger partial charge >= 0.3 is 6.03 Å². The molecule has 3 aliphatic carbocycles. The third kappa shape index (κ3) is 3.93. The number of fused-ring (bicyclic) bond motifs is 3. The minimum absolute atomic E-state index is 0.226. The number of nitrogens with two attached hydrogens (primary N) is 1. The first-order valence-electron chi connectivity index (χ1n) is 12.5. The van der Waals surface area contributed by atoms with Crippen LogP contribution in [0.4, 0.5) is 10.5 Å². The quantitative estimate of drug-likeness (QED) is 0.573. The van der Waals surface area contributed by atoms with Gasteiger partial charge in [0.05, 0.1) is 31.1 Å². The van der Waals surface area contributed by atoms with Gasteiger partial charge < -0.3 is 14.8 Å². The lowest BCUT2D eigenvalue weighted by molar-refractivity contribution is -0.0392. The number of rotatable bonds is 5. The van der Waals surface area contributed by atoms with E-state index in [1.165, 1.54) is 12.5 Å². The molecule has 1 saturated carbocycles. The molecule has 0 spiro atoms. The molecule has 35 heavy (non-hydrogen) atoms. The predicted molar refractivity (Wildman–Crippen MR) is 132 cm³/mol. The van der Waals surface area contributed by atoms with Gasteiger partial charge in [-0.1, -0.05) is 0 Å². The van der Waals surface area contributed by atoms with Crippen LogP contribution in [0.5, 0.6) is 5.88 Å². The van der Waals surface area contributed by atoms with Gasteiger partial charge in [0.25, 0.3) is 0 Å². The Bertz CT molecular complexity index is 1230. The molecule has 4 N–H and O–H groups in total. The molecule has 0 aromatic carbocycles. The van der Waals surface area contributed by atoms with E-state index < -0.39 is 15.5 Å². The summed E-state index contributed by atoms with van der Waals surface area (Å²) in [6.45, 7) is 1.17. The second-order valence-electron chi connectivity index (χ2n) is 10.7. The minimum atomic E-state index is -4.29. The lowest BCUT2D eigenvalue weighted by atomic mass is 9.73. The molecule has 0 bridgehead atoms. The van der Waals surface area contributed by atoms with Gasteiger partial charge in [-0.3, -0.25) is 14.8 Å². The van der Waals surface area contributed by atoms with E-state index in [0.29, 0.717) is 37.0 Å². The number of ether oxygens (including phenoxy) is 2.